The fourth-order valence-electron chi connectivity index (χ4n) is 3.93. The molecule has 0 bridgehead atoms. The lowest BCUT2D eigenvalue weighted by Crippen LogP contribution is -2.40. The van der Waals surface area contributed by atoms with Gasteiger partial charge in [-0.05, 0) is 63.1 Å². The summed E-state index contributed by atoms with van der Waals surface area (Å²) < 4.78 is 11.3. The van der Waals surface area contributed by atoms with Crippen LogP contribution in [-0.2, 0) is 4.74 Å². The number of nitrogens with zero attached hydrogens (tertiary/aromatic N) is 2. The fraction of sp³-hybridized carbons (Fsp3) is 0.296. The first-order valence-corrected chi connectivity index (χ1v) is 11.6. The molecule has 182 valence electrons. The van der Waals surface area contributed by atoms with Gasteiger partial charge in [-0.15, -0.1) is 0 Å². The van der Waals surface area contributed by atoms with Crippen molar-refractivity contribution in [3.8, 4) is 22.6 Å². The van der Waals surface area contributed by atoms with Crippen LogP contribution < -0.4 is 20.7 Å². The maximum atomic E-state index is 12.2. The molecule has 3 aromatic rings. The molecule has 1 aromatic heterocycles. The van der Waals surface area contributed by atoms with Crippen molar-refractivity contribution in [1.29, 1.82) is 0 Å². The first-order valence-electron chi connectivity index (χ1n) is 11.6. The Morgan fingerprint density at radius 1 is 1.06 bits per heavy atom. The van der Waals surface area contributed by atoms with Crippen molar-refractivity contribution in [3.63, 3.8) is 0 Å². The quantitative estimate of drug-likeness (QED) is 0.534. The van der Waals surface area contributed by atoms with Crippen molar-refractivity contribution in [1.82, 2.24) is 10.3 Å². The van der Waals surface area contributed by atoms with Gasteiger partial charge in [0.2, 0.25) is 5.91 Å². The molecule has 2 heterocycles. The molecular weight excluding hydrogens is 444 g/mol. The molecule has 0 spiro atoms. The number of hydrogen-bond acceptors (Lipinski definition) is 6. The second-order valence-electron chi connectivity index (χ2n) is 9.48. The molecule has 0 aliphatic carbocycles. The van der Waals surface area contributed by atoms with E-state index in [1.807, 2.05) is 75.4 Å². The number of anilines is 1. The molecule has 8 nitrogen and oxygen atoms in total. The molecule has 0 radical (unpaired) electrons. The molecule has 1 fully saturated rings. The van der Waals surface area contributed by atoms with Gasteiger partial charge in [0.1, 0.15) is 22.9 Å². The monoisotopic (exact) mass is 474 g/mol. The molecule has 3 N–H and O–H groups in total. The first kappa shape index (κ1) is 24.1. The standard InChI is InChI=1S/C27H30N4O4/c1-27(2,3)35-26(33)30-20-13-14-31(17-20)25-23(15-19(16-29-25)24(28)32)18-9-11-22(12-10-18)34-21-7-5-4-6-8-21/h4-12,15-16,20H,13-14,17H2,1-3H3,(H2,28,32)(H,30,33)/t20-/m0/s1. The van der Waals surface area contributed by atoms with Crippen LogP contribution in [0.2, 0.25) is 0 Å². The number of primary amides is 1. The van der Waals surface area contributed by atoms with Crippen molar-refractivity contribution in [2.24, 2.45) is 5.73 Å². The zero-order valence-corrected chi connectivity index (χ0v) is 20.2. The van der Waals surface area contributed by atoms with Gasteiger partial charge in [0.05, 0.1) is 11.6 Å². The van der Waals surface area contributed by atoms with Crippen LogP contribution in [-0.4, -0.2) is 41.7 Å². The Kier molecular flexibility index (Phi) is 6.91. The number of pyridine rings is 1. The largest absolute Gasteiger partial charge is 0.457 e. The average molecular weight is 475 g/mol. The summed E-state index contributed by atoms with van der Waals surface area (Å²) >= 11 is 0. The number of nitrogens with one attached hydrogen (secondary N) is 1. The highest BCUT2D eigenvalue weighted by Crippen LogP contribution is 2.33. The number of benzene rings is 2. The van der Waals surface area contributed by atoms with Crippen LogP contribution in [0.15, 0.2) is 66.9 Å². The Morgan fingerprint density at radius 2 is 1.74 bits per heavy atom. The van der Waals surface area contributed by atoms with Crippen molar-refractivity contribution >= 4 is 17.8 Å². The SMILES string of the molecule is CC(C)(C)OC(=O)N[C@H]1CCN(c2ncc(C(N)=O)cc2-c2ccc(Oc3ccccc3)cc2)C1. The predicted molar refractivity (Wildman–Crippen MR) is 135 cm³/mol. The summed E-state index contributed by atoms with van der Waals surface area (Å²) in [4.78, 5) is 30.7. The molecule has 0 unspecified atom stereocenters. The Hall–Kier alpha value is -4.07. The van der Waals surface area contributed by atoms with Crippen molar-refractivity contribution in [2.45, 2.75) is 38.8 Å². The van der Waals surface area contributed by atoms with Gasteiger partial charge in [-0.1, -0.05) is 30.3 Å². The summed E-state index contributed by atoms with van der Waals surface area (Å²) in [5.74, 6) is 1.63. The highest BCUT2D eigenvalue weighted by molar-refractivity contribution is 5.95. The highest BCUT2D eigenvalue weighted by Gasteiger charge is 2.28. The molecule has 0 saturated carbocycles. The molecule has 1 aliphatic heterocycles. The van der Waals surface area contributed by atoms with Crippen LogP contribution in [0.25, 0.3) is 11.1 Å². The number of aromatic nitrogens is 1. The van der Waals surface area contributed by atoms with Crippen molar-refractivity contribution < 1.29 is 19.1 Å². The van der Waals surface area contributed by atoms with E-state index in [-0.39, 0.29) is 6.04 Å². The van der Waals surface area contributed by atoms with E-state index in [1.54, 1.807) is 6.07 Å². The number of amides is 2. The first-order chi connectivity index (χ1) is 16.7. The predicted octanol–water partition coefficient (Wildman–Crippen LogP) is 4.74. The van der Waals surface area contributed by atoms with Crippen LogP contribution in [0.5, 0.6) is 11.5 Å². The van der Waals surface area contributed by atoms with E-state index < -0.39 is 17.6 Å². The Morgan fingerprint density at radius 3 is 2.40 bits per heavy atom. The maximum absolute atomic E-state index is 12.2. The molecule has 2 amide bonds. The lowest BCUT2D eigenvalue weighted by atomic mass is 10.0. The van der Waals surface area contributed by atoms with E-state index in [4.69, 9.17) is 15.2 Å². The Balaban J connectivity index is 1.54. The molecule has 35 heavy (non-hydrogen) atoms. The molecule has 2 aromatic carbocycles. The zero-order chi connectivity index (χ0) is 25.0. The summed E-state index contributed by atoms with van der Waals surface area (Å²) in [5, 5.41) is 2.93. The van der Waals surface area contributed by atoms with Crippen LogP contribution in [0, 0.1) is 0 Å². The van der Waals surface area contributed by atoms with E-state index in [2.05, 4.69) is 15.2 Å². The van der Waals surface area contributed by atoms with Crippen molar-refractivity contribution in [2.75, 3.05) is 18.0 Å². The third-order valence-electron chi connectivity index (χ3n) is 5.50. The number of rotatable bonds is 6. The smallest absolute Gasteiger partial charge is 0.407 e. The van der Waals surface area contributed by atoms with Crippen LogP contribution in [0.4, 0.5) is 10.6 Å². The summed E-state index contributed by atoms with van der Waals surface area (Å²) in [6.07, 6.45) is 1.81. The molecule has 1 atom stereocenters. The molecular formula is C27H30N4O4. The maximum Gasteiger partial charge on any atom is 0.407 e. The molecule has 1 aliphatic rings. The van der Waals surface area contributed by atoms with Gasteiger partial charge in [0.25, 0.3) is 0 Å². The summed E-state index contributed by atoms with van der Waals surface area (Å²) in [5.41, 5.74) is 6.96. The number of para-hydroxylation sites is 1. The minimum atomic E-state index is -0.557. The number of carbonyl (C=O) groups is 2. The summed E-state index contributed by atoms with van der Waals surface area (Å²) in [6.45, 7) is 6.77. The lowest BCUT2D eigenvalue weighted by molar-refractivity contribution is 0.0508. The summed E-state index contributed by atoms with van der Waals surface area (Å²) in [6, 6.07) is 18.8. The normalized spacial score (nSPS) is 15.5. The van der Waals surface area contributed by atoms with Gasteiger partial charge in [0.15, 0.2) is 0 Å². The van der Waals surface area contributed by atoms with Gasteiger partial charge in [-0.2, -0.15) is 0 Å². The van der Waals surface area contributed by atoms with Crippen LogP contribution >= 0.6 is 0 Å². The molecule has 8 heteroatoms. The van der Waals surface area contributed by atoms with Gasteiger partial charge in [0, 0.05) is 24.8 Å². The Labute approximate surface area is 205 Å². The number of alkyl carbamates (subject to hydrolysis) is 1. The van der Waals surface area contributed by atoms with Crippen LogP contribution in [0.1, 0.15) is 37.6 Å². The highest BCUT2D eigenvalue weighted by atomic mass is 16.6. The topological polar surface area (TPSA) is 107 Å². The number of ether oxygens (including phenoxy) is 2. The van der Waals surface area contributed by atoms with E-state index in [9.17, 15) is 9.59 Å². The summed E-state index contributed by atoms with van der Waals surface area (Å²) in [7, 11) is 0. The van der Waals surface area contributed by atoms with Gasteiger partial charge < -0.3 is 25.4 Å². The lowest BCUT2D eigenvalue weighted by Gasteiger charge is -2.23. The molecule has 4 rings (SSSR count). The van der Waals surface area contributed by atoms with E-state index in [1.165, 1.54) is 6.20 Å². The minimum Gasteiger partial charge on any atom is -0.457 e. The molecule has 1 saturated heterocycles. The van der Waals surface area contributed by atoms with Crippen molar-refractivity contribution in [3.05, 3.63) is 72.4 Å². The third kappa shape index (κ3) is 6.29. The van der Waals surface area contributed by atoms with Gasteiger partial charge in [-0.25, -0.2) is 9.78 Å². The number of nitrogens with two attached hydrogens (primary N) is 1. The van der Waals surface area contributed by atoms with Gasteiger partial charge >= 0.3 is 6.09 Å². The van der Waals surface area contributed by atoms with E-state index in [0.29, 0.717) is 24.4 Å². The van der Waals surface area contributed by atoms with E-state index >= 15 is 0 Å². The number of carbonyl (C=O) groups excluding carboxylic acids is 2. The van der Waals surface area contributed by atoms with Crippen LogP contribution in [0.3, 0.4) is 0 Å². The van der Waals surface area contributed by atoms with Gasteiger partial charge in [-0.3, -0.25) is 4.79 Å². The second-order valence-corrected chi connectivity index (χ2v) is 9.48. The third-order valence-corrected chi connectivity index (χ3v) is 5.50. The fourth-order valence-corrected chi connectivity index (χ4v) is 3.93. The second kappa shape index (κ2) is 10.0. The van der Waals surface area contributed by atoms with E-state index in [0.717, 1.165) is 29.1 Å². The average Bonchev–Trinajstić information content (AvgIpc) is 3.26. The minimum absolute atomic E-state index is 0.0723. The zero-order valence-electron chi connectivity index (χ0n) is 20.2. The number of hydrogen-bond donors (Lipinski definition) is 2. The Bertz CT molecular complexity index is 1190.